The Hall–Kier alpha value is -0.940. The summed E-state index contributed by atoms with van der Waals surface area (Å²) < 4.78 is 0. The van der Waals surface area contributed by atoms with Crippen LogP contribution in [0.2, 0.25) is 0 Å². The summed E-state index contributed by atoms with van der Waals surface area (Å²) in [7, 11) is 0. The average molecular weight is 308 g/mol. The lowest BCUT2D eigenvalue weighted by molar-refractivity contribution is -0.136. The number of likely N-dealkylation sites (tertiary alicyclic amines) is 1. The summed E-state index contributed by atoms with van der Waals surface area (Å²) in [5, 5.41) is 10.1. The molecule has 0 bridgehead atoms. The van der Waals surface area contributed by atoms with Crippen molar-refractivity contribution in [1.29, 1.82) is 0 Å². The molecular weight excluding hydrogens is 284 g/mol. The molecule has 1 aromatic heterocycles. The van der Waals surface area contributed by atoms with Crippen molar-refractivity contribution in [2.75, 3.05) is 13.1 Å². The van der Waals surface area contributed by atoms with Crippen LogP contribution >= 0.6 is 11.3 Å². The highest BCUT2D eigenvalue weighted by atomic mass is 32.1. The fourth-order valence-electron chi connectivity index (χ4n) is 3.04. The van der Waals surface area contributed by atoms with Gasteiger partial charge in [-0.3, -0.25) is 9.69 Å². The molecule has 0 spiro atoms. The smallest absolute Gasteiger partial charge is 0.303 e. The van der Waals surface area contributed by atoms with Crippen molar-refractivity contribution >= 4 is 17.3 Å². The van der Waals surface area contributed by atoms with E-state index in [1.165, 1.54) is 67.2 Å². The molecule has 2 heterocycles. The van der Waals surface area contributed by atoms with Crippen molar-refractivity contribution < 1.29 is 9.90 Å². The average Bonchev–Trinajstić information content (AvgIpc) is 3.24. The first-order valence-corrected chi connectivity index (χ1v) is 8.96. The van der Waals surface area contributed by atoms with Gasteiger partial charge in [-0.15, -0.1) is 11.3 Å². The van der Waals surface area contributed by atoms with Gasteiger partial charge in [0.05, 0.1) is 18.7 Å². The highest BCUT2D eigenvalue weighted by Crippen LogP contribution is 2.43. The molecule has 2 aliphatic rings. The Labute approximate surface area is 130 Å². The predicted octanol–water partition coefficient (Wildman–Crippen LogP) is 3.41. The fourth-order valence-corrected chi connectivity index (χ4v) is 4.24. The number of hydrogen-bond donors (Lipinski definition) is 1. The number of aromatic nitrogens is 1. The quantitative estimate of drug-likeness (QED) is 0.875. The van der Waals surface area contributed by atoms with Crippen LogP contribution in [0.15, 0.2) is 0 Å². The van der Waals surface area contributed by atoms with E-state index in [4.69, 9.17) is 10.1 Å². The molecule has 0 atom stereocenters. The summed E-state index contributed by atoms with van der Waals surface area (Å²) in [6, 6.07) is 0. The van der Waals surface area contributed by atoms with Crippen LogP contribution in [0.5, 0.6) is 0 Å². The van der Waals surface area contributed by atoms with Gasteiger partial charge in [0.2, 0.25) is 0 Å². The largest absolute Gasteiger partial charge is 0.481 e. The lowest BCUT2D eigenvalue weighted by Gasteiger charge is -2.17. The number of nitrogens with zero attached hydrogens (tertiary/aromatic N) is 2. The van der Waals surface area contributed by atoms with Crippen molar-refractivity contribution in [3.63, 3.8) is 0 Å². The fraction of sp³-hybridized carbons (Fsp3) is 0.750. The molecule has 1 aromatic rings. The van der Waals surface area contributed by atoms with Gasteiger partial charge in [-0.05, 0) is 45.2 Å². The van der Waals surface area contributed by atoms with Gasteiger partial charge in [-0.1, -0.05) is 12.8 Å². The Bertz CT molecular complexity index is 488. The highest BCUT2D eigenvalue weighted by molar-refractivity contribution is 7.11. The zero-order chi connectivity index (χ0) is 14.7. The molecule has 1 saturated heterocycles. The van der Waals surface area contributed by atoms with E-state index < -0.39 is 5.97 Å². The Morgan fingerprint density at radius 2 is 1.95 bits per heavy atom. The molecule has 1 N–H and O–H groups in total. The van der Waals surface area contributed by atoms with Crippen LogP contribution in [0.3, 0.4) is 0 Å². The van der Waals surface area contributed by atoms with Crippen LogP contribution in [0.25, 0.3) is 0 Å². The van der Waals surface area contributed by atoms with Crippen LogP contribution in [-0.4, -0.2) is 34.0 Å². The number of carboxylic acids is 1. The predicted molar refractivity (Wildman–Crippen MR) is 83.8 cm³/mol. The molecule has 0 unspecified atom stereocenters. The van der Waals surface area contributed by atoms with Crippen LogP contribution < -0.4 is 0 Å². The van der Waals surface area contributed by atoms with Crippen LogP contribution in [0.1, 0.15) is 66.4 Å². The van der Waals surface area contributed by atoms with Crippen molar-refractivity contribution in [1.82, 2.24) is 9.88 Å². The number of aliphatic carboxylic acids is 1. The first-order valence-electron chi connectivity index (χ1n) is 8.15. The van der Waals surface area contributed by atoms with E-state index in [1.54, 1.807) is 11.3 Å². The molecule has 116 valence electrons. The van der Waals surface area contributed by atoms with Gasteiger partial charge < -0.3 is 5.11 Å². The molecule has 1 aliphatic carbocycles. The van der Waals surface area contributed by atoms with E-state index in [1.807, 2.05) is 0 Å². The van der Waals surface area contributed by atoms with Crippen molar-refractivity contribution in [2.24, 2.45) is 0 Å². The third-order valence-electron chi connectivity index (χ3n) is 4.36. The molecule has 0 amide bonds. The van der Waals surface area contributed by atoms with E-state index in [2.05, 4.69) is 4.90 Å². The highest BCUT2D eigenvalue weighted by Gasteiger charge is 2.30. The Morgan fingerprint density at radius 1 is 1.24 bits per heavy atom. The number of rotatable bonds is 6. The van der Waals surface area contributed by atoms with Gasteiger partial charge in [-0.25, -0.2) is 4.98 Å². The summed E-state index contributed by atoms with van der Waals surface area (Å²) >= 11 is 1.75. The minimum absolute atomic E-state index is 0.227. The van der Waals surface area contributed by atoms with Gasteiger partial charge >= 0.3 is 5.97 Å². The number of thiazole rings is 1. The Kier molecular flexibility index (Phi) is 4.91. The molecule has 2 fully saturated rings. The maximum Gasteiger partial charge on any atom is 0.303 e. The summed E-state index contributed by atoms with van der Waals surface area (Å²) in [4.78, 5) is 19.4. The number of aryl methyl sites for hydroxylation is 1. The van der Waals surface area contributed by atoms with Crippen molar-refractivity contribution in [3.8, 4) is 0 Å². The number of carbonyl (C=O) groups is 1. The first kappa shape index (κ1) is 15.0. The van der Waals surface area contributed by atoms with Gasteiger partial charge in [0, 0.05) is 10.8 Å². The molecule has 5 heteroatoms. The third kappa shape index (κ3) is 4.27. The maximum atomic E-state index is 10.8. The summed E-state index contributed by atoms with van der Waals surface area (Å²) in [5.74, 6) is -0.0952. The summed E-state index contributed by atoms with van der Waals surface area (Å²) in [6.45, 7) is 3.32. The Balaban J connectivity index is 1.66. The molecule has 0 radical (unpaired) electrons. The van der Waals surface area contributed by atoms with Crippen LogP contribution in [0.4, 0.5) is 0 Å². The van der Waals surface area contributed by atoms with E-state index in [0.29, 0.717) is 12.3 Å². The first-order chi connectivity index (χ1) is 10.2. The monoisotopic (exact) mass is 308 g/mol. The summed E-state index contributed by atoms with van der Waals surface area (Å²) in [5.41, 5.74) is 1.21. The third-order valence-corrected chi connectivity index (χ3v) is 5.48. The van der Waals surface area contributed by atoms with Gasteiger partial charge in [0.1, 0.15) is 5.01 Å². The Morgan fingerprint density at radius 3 is 2.57 bits per heavy atom. The second kappa shape index (κ2) is 6.88. The molecule has 3 rings (SSSR count). The second-order valence-corrected chi connectivity index (χ2v) is 7.44. The van der Waals surface area contributed by atoms with E-state index in [9.17, 15) is 4.79 Å². The minimum Gasteiger partial charge on any atom is -0.481 e. The van der Waals surface area contributed by atoms with Crippen LogP contribution in [-0.2, 0) is 17.8 Å². The van der Waals surface area contributed by atoms with Gasteiger partial charge in [-0.2, -0.15) is 0 Å². The number of hydrogen-bond acceptors (Lipinski definition) is 4. The topological polar surface area (TPSA) is 53.4 Å². The molecular formula is C16H24N2O2S. The zero-order valence-electron chi connectivity index (χ0n) is 12.5. The van der Waals surface area contributed by atoms with E-state index in [0.717, 1.165) is 6.54 Å². The van der Waals surface area contributed by atoms with Crippen molar-refractivity contribution in [2.45, 2.75) is 63.8 Å². The van der Waals surface area contributed by atoms with E-state index >= 15 is 0 Å². The SMILES string of the molecule is O=C(O)CCc1sc(CN2CCCCCC2)nc1C1CC1. The maximum absolute atomic E-state index is 10.8. The zero-order valence-corrected chi connectivity index (χ0v) is 13.3. The second-order valence-electron chi connectivity index (χ2n) is 6.27. The van der Waals surface area contributed by atoms with E-state index in [-0.39, 0.29) is 6.42 Å². The molecule has 1 aliphatic heterocycles. The van der Waals surface area contributed by atoms with Gasteiger partial charge in [0.15, 0.2) is 0 Å². The summed E-state index contributed by atoms with van der Waals surface area (Å²) in [6.07, 6.45) is 8.64. The number of carboxylic acid groups (broad SMARTS) is 1. The van der Waals surface area contributed by atoms with Crippen LogP contribution in [0, 0.1) is 0 Å². The normalized spacial score (nSPS) is 20.4. The molecule has 21 heavy (non-hydrogen) atoms. The molecule has 1 saturated carbocycles. The lowest BCUT2D eigenvalue weighted by Crippen LogP contribution is -2.23. The van der Waals surface area contributed by atoms with Gasteiger partial charge in [0.25, 0.3) is 0 Å². The standard InChI is InChI=1S/C16H24N2O2S/c19-15(20)8-7-13-16(12-5-6-12)17-14(21-13)11-18-9-3-1-2-4-10-18/h12H,1-11H2,(H,19,20). The molecule has 4 nitrogen and oxygen atoms in total. The lowest BCUT2D eigenvalue weighted by atomic mass is 10.2. The van der Waals surface area contributed by atoms with Crippen molar-refractivity contribution in [3.05, 3.63) is 15.6 Å². The molecule has 0 aromatic carbocycles. The minimum atomic E-state index is -0.709.